The van der Waals surface area contributed by atoms with Crippen molar-refractivity contribution >= 4 is 17.7 Å². The number of rotatable bonds is 4. The van der Waals surface area contributed by atoms with E-state index in [2.05, 4.69) is 5.84 Å². The standard InChI is InChI=1S/C11H13F2N3O4/c1-10(20,11(12,13)8(17)16-14)6-3-2-4-7(5-6)15-9(18)19/h2-5,15,20H,14H2,1H3,(H,16,17)(H,18,19). The van der Waals surface area contributed by atoms with Crippen molar-refractivity contribution < 1.29 is 28.6 Å². The number of benzene rings is 1. The van der Waals surface area contributed by atoms with Crippen LogP contribution >= 0.6 is 0 Å². The number of aliphatic hydroxyl groups is 1. The molecule has 0 bridgehead atoms. The van der Waals surface area contributed by atoms with Gasteiger partial charge in [0.1, 0.15) is 0 Å². The molecule has 20 heavy (non-hydrogen) atoms. The molecule has 0 fully saturated rings. The van der Waals surface area contributed by atoms with Crippen molar-refractivity contribution in [2.75, 3.05) is 5.32 Å². The number of hydrogen-bond acceptors (Lipinski definition) is 4. The van der Waals surface area contributed by atoms with Gasteiger partial charge in [-0.1, -0.05) is 12.1 Å². The number of alkyl halides is 2. The Morgan fingerprint density at radius 3 is 2.45 bits per heavy atom. The minimum Gasteiger partial charge on any atom is -0.465 e. The zero-order valence-corrected chi connectivity index (χ0v) is 10.4. The van der Waals surface area contributed by atoms with Crippen molar-refractivity contribution in [2.45, 2.75) is 18.4 Å². The van der Waals surface area contributed by atoms with E-state index in [1.54, 1.807) is 0 Å². The highest BCUT2D eigenvalue weighted by molar-refractivity contribution is 5.85. The molecular weight excluding hydrogens is 276 g/mol. The lowest BCUT2D eigenvalue weighted by molar-refractivity contribution is -0.191. The number of carbonyl (C=O) groups is 2. The molecule has 0 aliphatic carbocycles. The number of hydrogen-bond donors (Lipinski definition) is 5. The summed E-state index contributed by atoms with van der Waals surface area (Å²) in [6, 6.07) is 4.68. The molecule has 2 amide bonds. The quantitative estimate of drug-likeness (QED) is 0.315. The van der Waals surface area contributed by atoms with Gasteiger partial charge in [0.2, 0.25) is 0 Å². The van der Waals surface area contributed by atoms with Crippen LogP contribution in [0.4, 0.5) is 19.3 Å². The monoisotopic (exact) mass is 289 g/mol. The van der Waals surface area contributed by atoms with E-state index >= 15 is 0 Å². The van der Waals surface area contributed by atoms with E-state index in [4.69, 9.17) is 5.11 Å². The summed E-state index contributed by atoms with van der Waals surface area (Å²) >= 11 is 0. The summed E-state index contributed by atoms with van der Waals surface area (Å²) in [4.78, 5) is 21.5. The van der Waals surface area contributed by atoms with Gasteiger partial charge in [0.25, 0.3) is 0 Å². The molecule has 6 N–H and O–H groups in total. The van der Waals surface area contributed by atoms with Gasteiger partial charge in [-0.05, 0) is 24.6 Å². The van der Waals surface area contributed by atoms with Gasteiger partial charge >= 0.3 is 17.9 Å². The number of nitrogens with two attached hydrogens (primary N) is 1. The molecule has 0 saturated heterocycles. The maximum atomic E-state index is 13.8. The molecule has 0 saturated carbocycles. The molecule has 0 heterocycles. The van der Waals surface area contributed by atoms with Crippen molar-refractivity contribution in [1.29, 1.82) is 0 Å². The molecule has 110 valence electrons. The third kappa shape index (κ3) is 2.83. The predicted molar refractivity (Wildman–Crippen MR) is 64.9 cm³/mol. The fraction of sp³-hybridized carbons (Fsp3) is 0.273. The topological polar surface area (TPSA) is 125 Å². The largest absolute Gasteiger partial charge is 0.465 e. The van der Waals surface area contributed by atoms with Crippen LogP contribution in [0.2, 0.25) is 0 Å². The average molecular weight is 289 g/mol. The lowest BCUT2D eigenvalue weighted by Crippen LogP contribution is -2.55. The van der Waals surface area contributed by atoms with Gasteiger partial charge < -0.3 is 10.2 Å². The molecule has 1 unspecified atom stereocenters. The lowest BCUT2D eigenvalue weighted by Gasteiger charge is -2.31. The number of hydrazine groups is 1. The SMILES string of the molecule is CC(O)(c1cccc(NC(=O)O)c1)C(F)(F)C(=O)NN. The van der Waals surface area contributed by atoms with Crippen LogP contribution in [-0.4, -0.2) is 28.1 Å². The van der Waals surface area contributed by atoms with Gasteiger partial charge in [0.15, 0.2) is 5.60 Å². The third-order valence-electron chi connectivity index (χ3n) is 2.70. The summed E-state index contributed by atoms with van der Waals surface area (Å²) in [5, 5.41) is 20.4. The Balaban J connectivity index is 3.21. The van der Waals surface area contributed by atoms with E-state index < -0.39 is 23.5 Å². The maximum absolute atomic E-state index is 13.8. The van der Waals surface area contributed by atoms with E-state index in [9.17, 15) is 23.5 Å². The molecule has 0 aliphatic heterocycles. The number of halogens is 2. The minimum atomic E-state index is -4.20. The van der Waals surface area contributed by atoms with Crippen molar-refractivity contribution in [3.05, 3.63) is 29.8 Å². The van der Waals surface area contributed by atoms with Crippen LogP contribution in [0.15, 0.2) is 24.3 Å². The second kappa shape index (κ2) is 5.39. The Labute approximate surface area is 112 Å². The van der Waals surface area contributed by atoms with E-state index in [0.717, 1.165) is 19.1 Å². The Hall–Kier alpha value is -2.26. The highest BCUT2D eigenvalue weighted by Crippen LogP contribution is 2.38. The highest BCUT2D eigenvalue weighted by Gasteiger charge is 2.56. The van der Waals surface area contributed by atoms with Crippen LogP contribution < -0.4 is 16.6 Å². The van der Waals surface area contributed by atoms with Gasteiger partial charge in [-0.2, -0.15) is 8.78 Å². The first-order valence-corrected chi connectivity index (χ1v) is 5.34. The molecule has 0 spiro atoms. The minimum absolute atomic E-state index is 0.0285. The molecule has 0 radical (unpaired) electrons. The first-order chi connectivity index (χ1) is 9.12. The molecular formula is C11H13F2N3O4. The normalized spacial score (nSPS) is 14.2. The molecule has 0 aromatic heterocycles. The van der Waals surface area contributed by atoms with Gasteiger partial charge in [-0.15, -0.1) is 0 Å². The Kier molecular flexibility index (Phi) is 4.26. The second-order valence-corrected chi connectivity index (χ2v) is 4.13. The van der Waals surface area contributed by atoms with Gasteiger partial charge in [0, 0.05) is 5.69 Å². The maximum Gasteiger partial charge on any atom is 0.409 e. The van der Waals surface area contributed by atoms with Crippen LogP contribution in [0, 0.1) is 0 Å². The second-order valence-electron chi connectivity index (χ2n) is 4.13. The average Bonchev–Trinajstić information content (AvgIpc) is 2.36. The number of nitrogens with one attached hydrogen (secondary N) is 2. The van der Waals surface area contributed by atoms with Crippen LogP contribution in [-0.2, 0) is 10.4 Å². The summed E-state index contributed by atoms with van der Waals surface area (Å²) in [7, 11) is 0. The van der Waals surface area contributed by atoms with Crippen molar-refractivity contribution in [1.82, 2.24) is 5.43 Å². The van der Waals surface area contributed by atoms with E-state index in [1.807, 2.05) is 5.32 Å². The van der Waals surface area contributed by atoms with Crippen molar-refractivity contribution in [2.24, 2.45) is 5.84 Å². The zero-order chi connectivity index (χ0) is 15.6. The van der Waals surface area contributed by atoms with Crippen LogP contribution in [0.25, 0.3) is 0 Å². The number of amides is 2. The molecule has 0 aliphatic rings. The molecule has 9 heteroatoms. The summed E-state index contributed by atoms with van der Waals surface area (Å²) in [5.41, 5.74) is -1.98. The lowest BCUT2D eigenvalue weighted by atomic mass is 9.88. The summed E-state index contributed by atoms with van der Waals surface area (Å²) < 4.78 is 27.6. The van der Waals surface area contributed by atoms with Gasteiger partial charge in [-0.25, -0.2) is 10.6 Å². The Morgan fingerprint density at radius 2 is 1.95 bits per heavy atom. The molecule has 1 aromatic carbocycles. The Bertz CT molecular complexity index is 534. The molecule has 1 aromatic rings. The van der Waals surface area contributed by atoms with Gasteiger partial charge in [0.05, 0.1) is 0 Å². The molecule has 1 atom stereocenters. The van der Waals surface area contributed by atoms with Gasteiger partial charge in [-0.3, -0.25) is 15.5 Å². The molecule has 7 nitrogen and oxygen atoms in total. The highest BCUT2D eigenvalue weighted by atomic mass is 19.3. The van der Waals surface area contributed by atoms with Crippen molar-refractivity contribution in [3.63, 3.8) is 0 Å². The summed E-state index contributed by atoms with van der Waals surface area (Å²) in [5.74, 6) is -1.42. The fourth-order valence-electron chi connectivity index (χ4n) is 1.52. The summed E-state index contributed by atoms with van der Waals surface area (Å²) in [6.45, 7) is 0.724. The van der Waals surface area contributed by atoms with Crippen LogP contribution in [0.1, 0.15) is 12.5 Å². The molecule has 1 rings (SSSR count). The Morgan fingerprint density at radius 1 is 1.35 bits per heavy atom. The zero-order valence-electron chi connectivity index (χ0n) is 10.4. The van der Waals surface area contributed by atoms with Crippen LogP contribution in [0.3, 0.4) is 0 Å². The number of anilines is 1. The summed E-state index contributed by atoms with van der Waals surface area (Å²) in [6.07, 6.45) is -1.40. The van der Waals surface area contributed by atoms with Crippen molar-refractivity contribution in [3.8, 4) is 0 Å². The number of carbonyl (C=O) groups excluding carboxylic acids is 1. The van der Waals surface area contributed by atoms with Crippen LogP contribution in [0.5, 0.6) is 0 Å². The third-order valence-corrected chi connectivity index (χ3v) is 2.70. The first kappa shape index (κ1) is 15.8. The van der Waals surface area contributed by atoms with E-state index in [0.29, 0.717) is 0 Å². The predicted octanol–water partition coefficient (Wildman–Crippen LogP) is 0.609. The first-order valence-electron chi connectivity index (χ1n) is 5.34. The smallest absolute Gasteiger partial charge is 0.409 e. The van der Waals surface area contributed by atoms with E-state index in [1.165, 1.54) is 17.6 Å². The fourth-order valence-corrected chi connectivity index (χ4v) is 1.52. The van der Waals surface area contributed by atoms with E-state index in [-0.39, 0.29) is 11.3 Å². The number of carboxylic acid groups (broad SMARTS) is 1.